The Labute approximate surface area is 75.2 Å². The van der Waals surface area contributed by atoms with E-state index < -0.39 is 0 Å². The average Bonchev–Trinajstić information content (AvgIpc) is 2.53. The van der Waals surface area contributed by atoms with Crippen LogP contribution in [-0.2, 0) is 0 Å². The fourth-order valence-corrected chi connectivity index (χ4v) is 0.975. The maximum atomic E-state index is 4.14. The Morgan fingerprint density at radius 3 is 2.54 bits per heavy atom. The SMILES string of the molecule is Cc1ccc(-c2n[nH]c(C)n2)nn1. The summed E-state index contributed by atoms with van der Waals surface area (Å²) in [6.07, 6.45) is 0. The number of rotatable bonds is 1. The minimum Gasteiger partial charge on any atom is -0.263 e. The monoisotopic (exact) mass is 175 g/mol. The van der Waals surface area contributed by atoms with Gasteiger partial charge in [-0.15, -0.1) is 5.10 Å². The number of hydrogen-bond acceptors (Lipinski definition) is 4. The minimum absolute atomic E-state index is 0.588. The molecule has 0 aliphatic rings. The normalized spacial score (nSPS) is 10.3. The fourth-order valence-electron chi connectivity index (χ4n) is 0.975. The molecule has 5 nitrogen and oxygen atoms in total. The van der Waals surface area contributed by atoms with Gasteiger partial charge in [-0.2, -0.15) is 10.2 Å². The van der Waals surface area contributed by atoms with E-state index in [0.717, 1.165) is 11.5 Å². The van der Waals surface area contributed by atoms with Gasteiger partial charge in [0.1, 0.15) is 11.5 Å². The van der Waals surface area contributed by atoms with Crippen LogP contribution in [0.5, 0.6) is 0 Å². The van der Waals surface area contributed by atoms with E-state index in [9.17, 15) is 0 Å². The molecule has 2 aromatic rings. The summed E-state index contributed by atoms with van der Waals surface area (Å²) < 4.78 is 0. The van der Waals surface area contributed by atoms with Crippen LogP contribution in [0.4, 0.5) is 0 Å². The van der Waals surface area contributed by atoms with Crippen molar-refractivity contribution in [3.05, 3.63) is 23.7 Å². The van der Waals surface area contributed by atoms with Crippen molar-refractivity contribution in [2.45, 2.75) is 13.8 Å². The van der Waals surface area contributed by atoms with Crippen molar-refractivity contribution < 1.29 is 0 Å². The second kappa shape index (κ2) is 2.93. The topological polar surface area (TPSA) is 67.3 Å². The van der Waals surface area contributed by atoms with Crippen LogP contribution < -0.4 is 0 Å². The van der Waals surface area contributed by atoms with Gasteiger partial charge in [-0.1, -0.05) is 0 Å². The quantitative estimate of drug-likeness (QED) is 0.698. The Kier molecular flexibility index (Phi) is 1.77. The van der Waals surface area contributed by atoms with Crippen LogP contribution in [0.15, 0.2) is 12.1 Å². The van der Waals surface area contributed by atoms with Crippen molar-refractivity contribution >= 4 is 0 Å². The van der Waals surface area contributed by atoms with E-state index in [2.05, 4.69) is 25.4 Å². The average molecular weight is 175 g/mol. The van der Waals surface area contributed by atoms with Crippen molar-refractivity contribution in [1.29, 1.82) is 0 Å². The molecule has 0 amide bonds. The molecule has 0 aromatic carbocycles. The van der Waals surface area contributed by atoms with Crippen molar-refractivity contribution in [1.82, 2.24) is 25.4 Å². The number of aromatic amines is 1. The first kappa shape index (κ1) is 7.85. The highest BCUT2D eigenvalue weighted by molar-refractivity contribution is 5.46. The molecule has 0 saturated heterocycles. The molecule has 5 heteroatoms. The molecule has 2 aromatic heterocycles. The molecular weight excluding hydrogens is 166 g/mol. The number of nitrogens with zero attached hydrogens (tertiary/aromatic N) is 4. The number of aromatic nitrogens is 5. The zero-order valence-electron chi connectivity index (χ0n) is 7.44. The highest BCUT2D eigenvalue weighted by Crippen LogP contribution is 2.09. The van der Waals surface area contributed by atoms with Gasteiger partial charge in [0.2, 0.25) is 5.82 Å². The van der Waals surface area contributed by atoms with Crippen molar-refractivity contribution in [2.75, 3.05) is 0 Å². The van der Waals surface area contributed by atoms with E-state index in [0.29, 0.717) is 11.5 Å². The summed E-state index contributed by atoms with van der Waals surface area (Å²) in [6, 6.07) is 3.74. The third kappa shape index (κ3) is 1.53. The highest BCUT2D eigenvalue weighted by atomic mass is 15.2. The fraction of sp³-hybridized carbons (Fsp3) is 0.250. The Balaban J connectivity index is 2.41. The lowest BCUT2D eigenvalue weighted by Crippen LogP contribution is -1.90. The Morgan fingerprint density at radius 2 is 2.00 bits per heavy atom. The van der Waals surface area contributed by atoms with Crippen LogP contribution in [0.2, 0.25) is 0 Å². The van der Waals surface area contributed by atoms with Crippen LogP contribution >= 0.6 is 0 Å². The molecule has 0 aliphatic heterocycles. The second-order valence-corrected chi connectivity index (χ2v) is 2.80. The molecule has 0 atom stereocenters. The maximum Gasteiger partial charge on any atom is 0.201 e. The van der Waals surface area contributed by atoms with Gasteiger partial charge in [-0.3, -0.25) is 5.10 Å². The second-order valence-electron chi connectivity index (χ2n) is 2.80. The van der Waals surface area contributed by atoms with Gasteiger partial charge in [-0.25, -0.2) is 4.98 Å². The van der Waals surface area contributed by atoms with Gasteiger partial charge in [0.05, 0.1) is 5.69 Å². The third-order valence-corrected chi connectivity index (χ3v) is 1.62. The summed E-state index contributed by atoms with van der Waals surface area (Å²) in [7, 11) is 0. The minimum atomic E-state index is 0.588. The molecule has 0 bridgehead atoms. The molecule has 0 aliphatic carbocycles. The van der Waals surface area contributed by atoms with Gasteiger partial charge < -0.3 is 0 Å². The molecule has 66 valence electrons. The summed E-state index contributed by atoms with van der Waals surface area (Å²) in [6.45, 7) is 3.73. The molecule has 0 radical (unpaired) electrons. The Hall–Kier alpha value is -1.78. The Bertz CT molecular complexity index is 403. The van der Waals surface area contributed by atoms with E-state index in [1.54, 1.807) is 0 Å². The molecule has 0 unspecified atom stereocenters. The highest BCUT2D eigenvalue weighted by Gasteiger charge is 2.04. The lowest BCUT2D eigenvalue weighted by molar-refractivity contribution is 0.970. The summed E-state index contributed by atoms with van der Waals surface area (Å²) in [4.78, 5) is 4.14. The zero-order chi connectivity index (χ0) is 9.26. The van der Waals surface area contributed by atoms with Crippen molar-refractivity contribution in [2.24, 2.45) is 0 Å². The molecule has 13 heavy (non-hydrogen) atoms. The van der Waals surface area contributed by atoms with E-state index in [1.165, 1.54) is 0 Å². The van der Waals surface area contributed by atoms with Crippen LogP contribution in [-0.4, -0.2) is 25.4 Å². The first-order chi connectivity index (χ1) is 6.25. The van der Waals surface area contributed by atoms with Gasteiger partial charge >= 0.3 is 0 Å². The summed E-state index contributed by atoms with van der Waals surface area (Å²) >= 11 is 0. The van der Waals surface area contributed by atoms with Crippen LogP contribution in [0, 0.1) is 13.8 Å². The first-order valence-electron chi connectivity index (χ1n) is 3.95. The predicted molar refractivity (Wildman–Crippen MR) is 46.9 cm³/mol. The zero-order valence-corrected chi connectivity index (χ0v) is 7.44. The number of hydrogen-bond donors (Lipinski definition) is 1. The number of H-pyrrole nitrogens is 1. The summed E-state index contributed by atoms with van der Waals surface area (Å²) in [5.74, 6) is 1.36. The largest absolute Gasteiger partial charge is 0.263 e. The van der Waals surface area contributed by atoms with Crippen molar-refractivity contribution in [3.63, 3.8) is 0 Å². The molecule has 2 rings (SSSR count). The van der Waals surface area contributed by atoms with E-state index in [-0.39, 0.29) is 0 Å². The number of nitrogens with one attached hydrogen (secondary N) is 1. The Morgan fingerprint density at radius 1 is 1.15 bits per heavy atom. The summed E-state index contributed by atoms with van der Waals surface area (Å²) in [5.41, 5.74) is 1.57. The van der Waals surface area contributed by atoms with E-state index in [1.807, 2.05) is 26.0 Å². The smallest absolute Gasteiger partial charge is 0.201 e. The molecule has 0 saturated carbocycles. The molecule has 0 fully saturated rings. The maximum absolute atomic E-state index is 4.14. The van der Waals surface area contributed by atoms with E-state index >= 15 is 0 Å². The van der Waals surface area contributed by atoms with Gasteiger partial charge in [0.25, 0.3) is 0 Å². The molecule has 1 N–H and O–H groups in total. The molecular formula is C8H9N5. The predicted octanol–water partition coefficient (Wildman–Crippen LogP) is 0.879. The van der Waals surface area contributed by atoms with Gasteiger partial charge in [-0.05, 0) is 26.0 Å². The number of aryl methyl sites for hydroxylation is 2. The molecule has 2 heterocycles. The standard InChI is InChI=1S/C8H9N5/c1-5-3-4-7(12-10-5)8-9-6(2)11-13-8/h3-4H,1-2H3,(H,9,11,13). The van der Waals surface area contributed by atoms with Crippen LogP contribution in [0.3, 0.4) is 0 Å². The van der Waals surface area contributed by atoms with Gasteiger partial charge in [0.15, 0.2) is 0 Å². The van der Waals surface area contributed by atoms with Crippen LogP contribution in [0.1, 0.15) is 11.5 Å². The summed E-state index contributed by atoms with van der Waals surface area (Å²) in [5, 5.41) is 14.6. The van der Waals surface area contributed by atoms with E-state index in [4.69, 9.17) is 0 Å². The lowest BCUT2D eigenvalue weighted by atomic mass is 10.3. The van der Waals surface area contributed by atoms with Gasteiger partial charge in [0, 0.05) is 0 Å². The lowest BCUT2D eigenvalue weighted by Gasteiger charge is -1.92. The molecule has 0 spiro atoms. The third-order valence-electron chi connectivity index (χ3n) is 1.62. The van der Waals surface area contributed by atoms with Crippen molar-refractivity contribution in [3.8, 4) is 11.5 Å². The van der Waals surface area contributed by atoms with Crippen LogP contribution in [0.25, 0.3) is 11.5 Å². The first-order valence-corrected chi connectivity index (χ1v) is 3.95.